The maximum absolute atomic E-state index is 12.5. The average Bonchev–Trinajstić information content (AvgIpc) is 3.33. The minimum absolute atomic E-state index is 0.0270. The highest BCUT2D eigenvalue weighted by molar-refractivity contribution is 5.76. The average molecular weight is 941 g/mol. The molecule has 0 saturated heterocycles. The lowest BCUT2D eigenvalue weighted by molar-refractivity contribution is -0.123. The van der Waals surface area contributed by atoms with E-state index in [1.807, 2.05) is 0 Å². The van der Waals surface area contributed by atoms with Crippen molar-refractivity contribution in [2.45, 2.75) is 353 Å². The molecule has 0 aromatic rings. The fourth-order valence-electron chi connectivity index (χ4n) is 9.73. The van der Waals surface area contributed by atoms with E-state index in [1.165, 1.54) is 276 Å². The summed E-state index contributed by atoms with van der Waals surface area (Å²) in [5.74, 6) is -0.0270. The van der Waals surface area contributed by atoms with Gasteiger partial charge in [0.05, 0.1) is 18.8 Å². The van der Waals surface area contributed by atoms with Crippen molar-refractivity contribution < 1.29 is 15.0 Å². The largest absolute Gasteiger partial charge is 0.394 e. The Kier molecular flexibility index (Phi) is 57.7. The van der Waals surface area contributed by atoms with E-state index in [4.69, 9.17) is 0 Å². The van der Waals surface area contributed by atoms with Crippen LogP contribution in [0.25, 0.3) is 0 Å². The van der Waals surface area contributed by atoms with Crippen molar-refractivity contribution >= 4 is 5.91 Å². The van der Waals surface area contributed by atoms with Crippen LogP contribution in [0.15, 0.2) is 36.5 Å². The van der Waals surface area contributed by atoms with Gasteiger partial charge >= 0.3 is 0 Å². The monoisotopic (exact) mass is 940 g/mol. The molecule has 0 radical (unpaired) electrons. The molecule has 0 bridgehead atoms. The molecule has 0 aliphatic rings. The third-order valence-electron chi connectivity index (χ3n) is 14.4. The summed E-state index contributed by atoms with van der Waals surface area (Å²) >= 11 is 0. The molecule has 2 unspecified atom stereocenters. The van der Waals surface area contributed by atoms with Gasteiger partial charge in [0.25, 0.3) is 0 Å². The topological polar surface area (TPSA) is 69.6 Å². The van der Waals surface area contributed by atoms with E-state index in [-0.39, 0.29) is 12.5 Å². The van der Waals surface area contributed by atoms with Crippen LogP contribution in [-0.4, -0.2) is 34.9 Å². The third kappa shape index (κ3) is 55.4. The molecule has 0 aliphatic heterocycles. The molecule has 67 heavy (non-hydrogen) atoms. The van der Waals surface area contributed by atoms with E-state index in [2.05, 4.69) is 55.6 Å². The zero-order chi connectivity index (χ0) is 48.5. The van der Waals surface area contributed by atoms with Crippen LogP contribution in [-0.2, 0) is 4.79 Å². The summed E-state index contributed by atoms with van der Waals surface area (Å²) in [7, 11) is 0. The van der Waals surface area contributed by atoms with Gasteiger partial charge in [-0.2, -0.15) is 0 Å². The molecule has 0 heterocycles. The second kappa shape index (κ2) is 58.9. The summed E-state index contributed by atoms with van der Waals surface area (Å²) in [4.78, 5) is 12.5. The van der Waals surface area contributed by atoms with Crippen LogP contribution < -0.4 is 5.32 Å². The number of hydrogen-bond donors (Lipinski definition) is 3. The van der Waals surface area contributed by atoms with Gasteiger partial charge in [-0.05, 0) is 51.4 Å². The van der Waals surface area contributed by atoms with E-state index < -0.39 is 12.1 Å². The van der Waals surface area contributed by atoms with Crippen LogP contribution in [0.3, 0.4) is 0 Å². The summed E-state index contributed by atoms with van der Waals surface area (Å²) in [6.07, 6.45) is 80.1. The fourth-order valence-corrected chi connectivity index (χ4v) is 9.73. The Morgan fingerprint density at radius 3 is 0.910 bits per heavy atom. The Hall–Kier alpha value is -1.39. The Morgan fingerprint density at radius 2 is 0.612 bits per heavy atom. The van der Waals surface area contributed by atoms with Crippen molar-refractivity contribution in [3.05, 3.63) is 36.5 Å². The molecular weight excluding hydrogens is 819 g/mol. The van der Waals surface area contributed by atoms with E-state index in [0.29, 0.717) is 12.8 Å². The van der Waals surface area contributed by atoms with Crippen LogP contribution in [0.1, 0.15) is 341 Å². The lowest BCUT2D eigenvalue weighted by Crippen LogP contribution is -2.45. The summed E-state index contributed by atoms with van der Waals surface area (Å²) in [5.41, 5.74) is 0. The molecule has 4 nitrogen and oxygen atoms in total. The first-order valence-electron chi connectivity index (χ1n) is 30.7. The smallest absolute Gasteiger partial charge is 0.220 e. The van der Waals surface area contributed by atoms with E-state index in [9.17, 15) is 15.0 Å². The number of carbonyl (C=O) groups excluding carboxylic acids is 1. The number of carbonyl (C=O) groups is 1. The lowest BCUT2D eigenvalue weighted by Gasteiger charge is -2.22. The normalized spacial score (nSPS) is 13.0. The SMILES string of the molecule is CCCCCCC/C=C\C/C=C\C/C=C\CCCCCCCCCCCCCCCCC(=O)NC(CO)C(O)CCCCCCCCCCCCCCCCCCCCCCCCCCCC. The van der Waals surface area contributed by atoms with Crippen molar-refractivity contribution in [3.63, 3.8) is 0 Å². The van der Waals surface area contributed by atoms with Crippen molar-refractivity contribution in [2.24, 2.45) is 0 Å². The quantitative estimate of drug-likeness (QED) is 0.0420. The van der Waals surface area contributed by atoms with E-state index in [1.54, 1.807) is 0 Å². The first kappa shape index (κ1) is 65.6. The predicted octanol–water partition coefficient (Wildman–Crippen LogP) is 20.4. The number of allylic oxidation sites excluding steroid dienone is 6. The highest BCUT2D eigenvalue weighted by atomic mass is 16.3. The predicted molar refractivity (Wildman–Crippen MR) is 299 cm³/mol. The van der Waals surface area contributed by atoms with Gasteiger partial charge in [0, 0.05) is 6.42 Å². The molecule has 396 valence electrons. The second-order valence-corrected chi connectivity index (χ2v) is 21.1. The van der Waals surface area contributed by atoms with Gasteiger partial charge in [0.1, 0.15) is 0 Å². The highest BCUT2D eigenvalue weighted by Gasteiger charge is 2.20. The maximum Gasteiger partial charge on any atom is 0.220 e. The molecule has 0 aliphatic carbocycles. The summed E-state index contributed by atoms with van der Waals surface area (Å²) < 4.78 is 0. The number of rotatable bonds is 57. The van der Waals surface area contributed by atoms with Crippen molar-refractivity contribution in [1.29, 1.82) is 0 Å². The molecule has 4 heteroatoms. The van der Waals surface area contributed by atoms with Gasteiger partial charge in [0.2, 0.25) is 5.91 Å². The molecule has 0 aromatic carbocycles. The number of amides is 1. The van der Waals surface area contributed by atoms with E-state index >= 15 is 0 Å². The summed E-state index contributed by atoms with van der Waals surface area (Å²) in [6, 6.07) is -0.538. The Bertz CT molecular complexity index is 1020. The molecule has 0 spiro atoms. The van der Waals surface area contributed by atoms with Crippen molar-refractivity contribution in [3.8, 4) is 0 Å². The number of hydrogen-bond acceptors (Lipinski definition) is 3. The lowest BCUT2D eigenvalue weighted by atomic mass is 10.0. The van der Waals surface area contributed by atoms with Crippen LogP contribution >= 0.6 is 0 Å². The van der Waals surface area contributed by atoms with Crippen LogP contribution in [0.5, 0.6) is 0 Å². The van der Waals surface area contributed by atoms with Crippen LogP contribution in [0, 0.1) is 0 Å². The zero-order valence-electron chi connectivity index (χ0n) is 45.7. The molecule has 0 saturated carbocycles. The third-order valence-corrected chi connectivity index (χ3v) is 14.4. The number of unbranched alkanes of at least 4 members (excludes halogenated alkanes) is 44. The molecule has 1 amide bonds. The summed E-state index contributed by atoms with van der Waals surface area (Å²) in [5, 5.41) is 23.4. The van der Waals surface area contributed by atoms with Gasteiger partial charge in [-0.1, -0.05) is 320 Å². The van der Waals surface area contributed by atoms with Crippen molar-refractivity contribution in [2.75, 3.05) is 6.61 Å². The van der Waals surface area contributed by atoms with Gasteiger partial charge in [-0.25, -0.2) is 0 Å². The van der Waals surface area contributed by atoms with Gasteiger partial charge < -0.3 is 15.5 Å². The Balaban J connectivity index is 3.43. The fraction of sp³-hybridized carbons (Fsp3) is 0.889. The van der Waals surface area contributed by atoms with Crippen molar-refractivity contribution in [1.82, 2.24) is 5.32 Å². The van der Waals surface area contributed by atoms with Gasteiger partial charge in [-0.3, -0.25) is 4.79 Å². The number of aliphatic hydroxyl groups excluding tert-OH is 2. The standard InChI is InChI=1S/C63H121NO3/c1-3-5-7-9-11-13-15-17-19-21-23-25-27-29-31-32-33-35-37-39-41-43-45-47-49-51-53-55-57-59-63(67)64-61(60-65)62(66)58-56-54-52-50-48-46-44-42-40-38-36-34-30-28-26-24-22-20-18-16-14-12-10-8-6-4-2/h15,17,21,23,27,29,61-62,65-66H,3-14,16,18-20,22,24-26,28,30-60H2,1-2H3,(H,64,67)/b17-15-,23-21-,29-27-. The number of aliphatic hydroxyl groups is 2. The van der Waals surface area contributed by atoms with Crippen LogP contribution in [0.4, 0.5) is 0 Å². The zero-order valence-corrected chi connectivity index (χ0v) is 45.7. The minimum atomic E-state index is -0.661. The highest BCUT2D eigenvalue weighted by Crippen LogP contribution is 2.18. The van der Waals surface area contributed by atoms with Gasteiger partial charge in [-0.15, -0.1) is 0 Å². The molecular formula is C63H121NO3. The summed E-state index contributed by atoms with van der Waals surface area (Å²) in [6.45, 7) is 4.38. The van der Waals surface area contributed by atoms with Gasteiger partial charge in [0.15, 0.2) is 0 Å². The molecule has 0 fully saturated rings. The second-order valence-electron chi connectivity index (χ2n) is 21.1. The van der Waals surface area contributed by atoms with E-state index in [0.717, 1.165) is 38.5 Å². The minimum Gasteiger partial charge on any atom is -0.394 e. The first-order valence-corrected chi connectivity index (χ1v) is 30.7. The maximum atomic E-state index is 12.5. The van der Waals surface area contributed by atoms with Crippen LogP contribution in [0.2, 0.25) is 0 Å². The number of nitrogens with one attached hydrogen (secondary N) is 1. The molecule has 3 N–H and O–H groups in total. The molecule has 2 atom stereocenters. The molecule has 0 aromatic heterocycles. The first-order chi connectivity index (χ1) is 33.2. The Morgan fingerprint density at radius 1 is 0.358 bits per heavy atom. The molecule has 0 rings (SSSR count). The Labute approximate surface area is 421 Å².